The van der Waals surface area contributed by atoms with Crippen molar-refractivity contribution in [3.8, 4) is 0 Å². The molecule has 0 aromatic carbocycles. The number of carbonyl (C=O) groups excluding carboxylic acids is 3. The van der Waals surface area contributed by atoms with Crippen molar-refractivity contribution in [3.05, 3.63) is 0 Å². The van der Waals surface area contributed by atoms with Crippen molar-refractivity contribution in [3.63, 3.8) is 0 Å². The number of fused-ring (bicyclic) bond motifs is 3. The van der Waals surface area contributed by atoms with Crippen molar-refractivity contribution in [2.24, 2.45) is 17.3 Å². The van der Waals surface area contributed by atoms with Gasteiger partial charge in [-0.05, 0) is 32.6 Å². The van der Waals surface area contributed by atoms with Crippen LogP contribution in [-0.2, 0) is 33.3 Å². The molecule has 0 saturated carbocycles. The number of ether oxygens (including phenoxy) is 5. The Labute approximate surface area is 208 Å². The highest BCUT2D eigenvalue weighted by Crippen LogP contribution is 2.42. The molecule has 3 fully saturated rings. The highest BCUT2D eigenvalue weighted by Gasteiger charge is 2.56. The predicted octanol–water partition coefficient (Wildman–Crippen LogP) is 2.89. The minimum Gasteiger partial charge on any atom is -0.444 e. The first-order valence-electron chi connectivity index (χ1n) is 11.8. The van der Waals surface area contributed by atoms with E-state index in [4.69, 9.17) is 18.9 Å². The molecule has 3 heterocycles. The first kappa shape index (κ1) is 30.1. The maximum Gasteiger partial charge on any atom is 0.434 e. The molecule has 3 rings (SSSR count). The molecule has 2 bridgehead atoms. The van der Waals surface area contributed by atoms with Gasteiger partial charge in [-0.2, -0.15) is 13.2 Å². The second kappa shape index (κ2) is 10.7. The van der Waals surface area contributed by atoms with Gasteiger partial charge in [-0.3, -0.25) is 4.79 Å². The number of amides is 2. The Hall–Kier alpha value is -2.12. The van der Waals surface area contributed by atoms with Crippen LogP contribution in [-0.4, -0.2) is 73.7 Å². The van der Waals surface area contributed by atoms with Gasteiger partial charge in [-0.1, -0.05) is 27.7 Å². The fourth-order valence-electron chi connectivity index (χ4n) is 3.99. The lowest BCUT2D eigenvalue weighted by molar-refractivity contribution is -0.463. The van der Waals surface area contributed by atoms with Crippen LogP contribution in [0.3, 0.4) is 0 Å². The zero-order valence-electron chi connectivity index (χ0n) is 21.9. The number of hydrogen-bond donors (Lipinski definition) is 2. The molecular formula is C23H37F3N2O8. The van der Waals surface area contributed by atoms with E-state index in [9.17, 15) is 27.6 Å². The van der Waals surface area contributed by atoms with E-state index in [2.05, 4.69) is 15.4 Å². The molecule has 0 radical (unpaired) electrons. The molecule has 0 aromatic rings. The number of carbonyl (C=O) groups is 3. The molecule has 0 unspecified atom stereocenters. The van der Waals surface area contributed by atoms with Gasteiger partial charge >= 0.3 is 18.2 Å². The summed E-state index contributed by atoms with van der Waals surface area (Å²) in [6, 6.07) is -2.33. The lowest BCUT2D eigenvalue weighted by Gasteiger charge is -2.54. The summed E-state index contributed by atoms with van der Waals surface area (Å²) in [6.07, 6.45) is -9.33. The van der Waals surface area contributed by atoms with Gasteiger partial charge in [-0.15, -0.1) is 0 Å². The number of esters is 1. The molecule has 13 heteroatoms. The van der Waals surface area contributed by atoms with Crippen LogP contribution in [0.25, 0.3) is 0 Å². The summed E-state index contributed by atoms with van der Waals surface area (Å²) in [6.45, 7) is 13.1. The first-order valence-corrected chi connectivity index (χ1v) is 11.8. The van der Waals surface area contributed by atoms with Gasteiger partial charge in [0, 0.05) is 13.0 Å². The molecule has 2 amide bonds. The minimum absolute atomic E-state index is 0.0956. The third-order valence-electron chi connectivity index (χ3n) is 5.85. The summed E-state index contributed by atoms with van der Waals surface area (Å²) < 4.78 is 68.0. The van der Waals surface area contributed by atoms with Crippen LogP contribution < -0.4 is 10.6 Å². The standard InChI is InChI=1S/C23H37F3N2O8/c1-12(2)14(27-19(31)36-20(5,6)7)18(30)35-16(23(24,25)26)17(29)28-15(13(3)4)22-9-32-21(8,33-10-22)34-11-22/h12-16H,9-11H2,1-8H3,(H,27,31)(H,28,29)/t14-,15-,16+,21?,22?/m1/s1. The van der Waals surface area contributed by atoms with Crippen LogP contribution in [0.5, 0.6) is 0 Å². The molecule has 0 aliphatic carbocycles. The van der Waals surface area contributed by atoms with E-state index in [1.54, 1.807) is 41.5 Å². The topological polar surface area (TPSA) is 121 Å². The number of alkyl carbamates (subject to hydrolysis) is 1. The molecule has 3 atom stereocenters. The Morgan fingerprint density at radius 1 is 0.889 bits per heavy atom. The van der Waals surface area contributed by atoms with Gasteiger partial charge in [0.05, 0.1) is 25.2 Å². The molecule has 2 N–H and O–H groups in total. The Bertz CT molecular complexity index is 801. The van der Waals surface area contributed by atoms with Crippen molar-refractivity contribution in [2.45, 2.75) is 91.3 Å². The Morgan fingerprint density at radius 3 is 1.78 bits per heavy atom. The summed E-state index contributed by atoms with van der Waals surface area (Å²) >= 11 is 0. The van der Waals surface area contributed by atoms with E-state index >= 15 is 0 Å². The Balaban J connectivity index is 2.19. The zero-order chi connectivity index (χ0) is 27.7. The van der Waals surface area contributed by atoms with Gasteiger partial charge in [0.2, 0.25) is 0 Å². The third kappa shape index (κ3) is 7.45. The monoisotopic (exact) mass is 526 g/mol. The SMILES string of the molecule is CC(C)[C@@H](NC(=O)[C@H](OC(=O)[C@H](NC(=O)OC(C)(C)C)C(C)C)C(F)(F)F)C12COC(C)(OC1)OC2. The molecule has 3 aliphatic heterocycles. The zero-order valence-corrected chi connectivity index (χ0v) is 21.9. The van der Waals surface area contributed by atoms with Gasteiger partial charge in [0.25, 0.3) is 18.0 Å². The van der Waals surface area contributed by atoms with Crippen molar-refractivity contribution in [1.82, 2.24) is 10.6 Å². The molecule has 0 aromatic heterocycles. The summed E-state index contributed by atoms with van der Waals surface area (Å²) in [5, 5.41) is 4.60. The number of alkyl halides is 3. The molecular weight excluding hydrogens is 489 g/mol. The summed E-state index contributed by atoms with van der Waals surface area (Å²) in [7, 11) is 0. The Morgan fingerprint density at radius 2 is 1.39 bits per heavy atom. The molecule has 36 heavy (non-hydrogen) atoms. The molecule has 0 spiro atoms. The van der Waals surface area contributed by atoms with E-state index in [0.29, 0.717) is 0 Å². The fourth-order valence-corrected chi connectivity index (χ4v) is 3.99. The van der Waals surface area contributed by atoms with E-state index in [1.165, 1.54) is 13.8 Å². The normalized spacial score (nSPS) is 26.8. The summed E-state index contributed by atoms with van der Waals surface area (Å²) in [4.78, 5) is 37.7. The average molecular weight is 527 g/mol. The number of hydrogen-bond acceptors (Lipinski definition) is 8. The number of nitrogens with one attached hydrogen (secondary N) is 2. The van der Waals surface area contributed by atoms with Crippen LogP contribution >= 0.6 is 0 Å². The molecule has 3 aliphatic rings. The molecule has 208 valence electrons. The second-order valence-electron chi connectivity index (χ2n) is 11.0. The number of rotatable bonds is 8. The van der Waals surface area contributed by atoms with Crippen molar-refractivity contribution in [2.75, 3.05) is 19.8 Å². The first-order chi connectivity index (χ1) is 16.3. The van der Waals surface area contributed by atoms with Gasteiger partial charge in [0.1, 0.15) is 11.6 Å². The van der Waals surface area contributed by atoms with E-state index in [0.717, 1.165) is 0 Å². The quantitative estimate of drug-likeness (QED) is 0.463. The fraction of sp³-hybridized carbons (Fsp3) is 0.870. The summed E-state index contributed by atoms with van der Waals surface area (Å²) in [5.41, 5.74) is -1.83. The van der Waals surface area contributed by atoms with Crippen LogP contribution in [0.1, 0.15) is 55.4 Å². The Kier molecular flexibility index (Phi) is 8.95. The maximum absolute atomic E-state index is 13.9. The molecule has 3 saturated heterocycles. The minimum atomic E-state index is -5.21. The maximum atomic E-state index is 13.9. The van der Waals surface area contributed by atoms with E-state index in [-0.39, 0.29) is 25.7 Å². The van der Waals surface area contributed by atoms with Gasteiger partial charge in [0.15, 0.2) is 0 Å². The van der Waals surface area contributed by atoms with E-state index in [1.807, 2.05) is 0 Å². The van der Waals surface area contributed by atoms with Crippen LogP contribution in [0.15, 0.2) is 0 Å². The summed E-state index contributed by atoms with van der Waals surface area (Å²) in [5.74, 6) is -5.20. The lowest BCUT2D eigenvalue weighted by Crippen LogP contribution is -2.68. The highest BCUT2D eigenvalue weighted by atomic mass is 19.4. The van der Waals surface area contributed by atoms with Gasteiger partial charge in [-0.25, -0.2) is 9.59 Å². The average Bonchev–Trinajstić information content (AvgIpc) is 2.72. The van der Waals surface area contributed by atoms with E-state index < -0.39 is 65.2 Å². The largest absolute Gasteiger partial charge is 0.444 e. The van der Waals surface area contributed by atoms with Crippen molar-refractivity contribution in [1.29, 1.82) is 0 Å². The van der Waals surface area contributed by atoms with Crippen LogP contribution in [0, 0.1) is 17.3 Å². The smallest absolute Gasteiger partial charge is 0.434 e. The van der Waals surface area contributed by atoms with Crippen molar-refractivity contribution < 1.29 is 51.2 Å². The lowest BCUT2D eigenvalue weighted by atomic mass is 9.75. The van der Waals surface area contributed by atoms with Gasteiger partial charge < -0.3 is 34.3 Å². The molecule has 10 nitrogen and oxygen atoms in total. The third-order valence-corrected chi connectivity index (χ3v) is 5.85. The van der Waals surface area contributed by atoms with Crippen LogP contribution in [0.2, 0.25) is 0 Å². The highest BCUT2D eigenvalue weighted by molar-refractivity contribution is 5.87. The predicted molar refractivity (Wildman–Crippen MR) is 119 cm³/mol. The number of halogens is 3. The van der Waals surface area contributed by atoms with Crippen molar-refractivity contribution >= 4 is 18.0 Å². The van der Waals surface area contributed by atoms with Crippen LogP contribution in [0.4, 0.5) is 18.0 Å². The second-order valence-corrected chi connectivity index (χ2v) is 11.0.